The molecule has 0 radical (unpaired) electrons. The standard InChI is InChI=1S/C24H35N5O/c1-3-29-19-23(17-25-29)24(30)28-10-8-21(9-11-28)16-20-4-6-22(7-5-20)18-27-14-12-26(2)13-15-27/h4-7,17,19,21H,3,8-16,18H2,1-2H3. The number of amides is 1. The molecule has 0 bridgehead atoms. The number of benzene rings is 1. The quantitative estimate of drug-likeness (QED) is 0.736. The molecule has 2 fully saturated rings. The first kappa shape index (κ1) is 21.1. The summed E-state index contributed by atoms with van der Waals surface area (Å²) in [7, 11) is 2.20. The van der Waals surface area contributed by atoms with Crippen LogP contribution in [0.15, 0.2) is 36.7 Å². The van der Waals surface area contributed by atoms with Gasteiger partial charge in [0, 0.05) is 58.6 Å². The number of nitrogens with zero attached hydrogens (tertiary/aromatic N) is 5. The maximum absolute atomic E-state index is 12.7. The molecule has 1 aromatic heterocycles. The van der Waals surface area contributed by atoms with Gasteiger partial charge in [0.1, 0.15) is 0 Å². The number of piperazine rings is 1. The zero-order chi connectivity index (χ0) is 20.9. The van der Waals surface area contributed by atoms with Gasteiger partial charge in [-0.25, -0.2) is 0 Å². The number of hydrogen-bond donors (Lipinski definition) is 0. The summed E-state index contributed by atoms with van der Waals surface area (Å²) in [5.74, 6) is 0.789. The highest BCUT2D eigenvalue weighted by molar-refractivity contribution is 5.93. The van der Waals surface area contributed by atoms with Crippen molar-refractivity contribution in [3.05, 3.63) is 53.3 Å². The zero-order valence-corrected chi connectivity index (χ0v) is 18.5. The Hall–Kier alpha value is -2.18. The molecule has 1 amide bonds. The molecule has 30 heavy (non-hydrogen) atoms. The van der Waals surface area contributed by atoms with E-state index in [1.807, 2.05) is 22.7 Å². The minimum absolute atomic E-state index is 0.126. The average Bonchev–Trinajstić information content (AvgIpc) is 3.26. The molecule has 0 N–H and O–H groups in total. The van der Waals surface area contributed by atoms with E-state index in [1.165, 1.54) is 24.2 Å². The van der Waals surface area contributed by atoms with E-state index in [1.54, 1.807) is 6.20 Å². The summed E-state index contributed by atoms with van der Waals surface area (Å²) in [5.41, 5.74) is 3.55. The summed E-state index contributed by atoms with van der Waals surface area (Å²) in [4.78, 5) is 19.6. The second kappa shape index (κ2) is 9.75. The van der Waals surface area contributed by atoms with Gasteiger partial charge in [-0.15, -0.1) is 0 Å². The van der Waals surface area contributed by atoms with Crippen LogP contribution in [-0.2, 0) is 19.5 Å². The van der Waals surface area contributed by atoms with E-state index in [2.05, 4.69) is 46.2 Å². The first-order chi connectivity index (χ1) is 14.6. The summed E-state index contributed by atoms with van der Waals surface area (Å²) in [6.07, 6.45) is 6.83. The third-order valence-electron chi connectivity index (χ3n) is 6.66. The van der Waals surface area contributed by atoms with Crippen LogP contribution in [0.3, 0.4) is 0 Å². The van der Waals surface area contributed by atoms with Crippen molar-refractivity contribution in [1.29, 1.82) is 0 Å². The first-order valence-electron chi connectivity index (χ1n) is 11.4. The molecule has 0 unspecified atom stereocenters. The molecule has 0 spiro atoms. The van der Waals surface area contributed by atoms with Gasteiger partial charge in [0.15, 0.2) is 0 Å². The van der Waals surface area contributed by atoms with Crippen molar-refractivity contribution >= 4 is 5.91 Å². The number of aromatic nitrogens is 2. The number of piperidine rings is 1. The third-order valence-corrected chi connectivity index (χ3v) is 6.66. The SMILES string of the molecule is CCn1cc(C(=O)N2CCC(Cc3ccc(CN4CCN(C)CC4)cc3)CC2)cn1. The Morgan fingerprint density at radius 2 is 1.67 bits per heavy atom. The van der Waals surface area contributed by atoms with Crippen LogP contribution in [0, 0.1) is 5.92 Å². The van der Waals surface area contributed by atoms with Crippen LogP contribution in [-0.4, -0.2) is 76.7 Å². The highest BCUT2D eigenvalue weighted by atomic mass is 16.2. The van der Waals surface area contributed by atoms with Gasteiger partial charge in [-0.2, -0.15) is 5.10 Å². The lowest BCUT2D eigenvalue weighted by atomic mass is 9.89. The largest absolute Gasteiger partial charge is 0.339 e. The number of rotatable bonds is 6. The Labute approximate surface area is 180 Å². The van der Waals surface area contributed by atoms with Gasteiger partial charge in [-0.05, 0) is 50.3 Å². The average molecular weight is 410 g/mol. The van der Waals surface area contributed by atoms with Gasteiger partial charge < -0.3 is 9.80 Å². The molecule has 0 atom stereocenters. The molecule has 0 saturated carbocycles. The van der Waals surface area contributed by atoms with Gasteiger partial charge in [0.2, 0.25) is 0 Å². The summed E-state index contributed by atoms with van der Waals surface area (Å²) < 4.78 is 1.81. The molecular formula is C24H35N5O. The Kier molecular flexibility index (Phi) is 6.85. The molecular weight excluding hydrogens is 374 g/mol. The Morgan fingerprint density at radius 3 is 2.30 bits per heavy atom. The van der Waals surface area contributed by atoms with Crippen LogP contribution in [0.1, 0.15) is 41.3 Å². The van der Waals surface area contributed by atoms with E-state index in [4.69, 9.17) is 0 Å². The van der Waals surface area contributed by atoms with Gasteiger partial charge in [0.25, 0.3) is 5.91 Å². The smallest absolute Gasteiger partial charge is 0.257 e. The Morgan fingerprint density at radius 1 is 1.00 bits per heavy atom. The molecule has 6 heteroatoms. The molecule has 2 saturated heterocycles. The minimum atomic E-state index is 0.126. The predicted octanol–water partition coefficient (Wildman–Crippen LogP) is 2.75. The van der Waals surface area contributed by atoms with E-state index in [9.17, 15) is 4.79 Å². The van der Waals surface area contributed by atoms with Crippen molar-refractivity contribution in [2.45, 2.75) is 39.3 Å². The minimum Gasteiger partial charge on any atom is -0.339 e. The number of carbonyl (C=O) groups is 1. The van der Waals surface area contributed by atoms with E-state index in [0.717, 1.165) is 58.5 Å². The van der Waals surface area contributed by atoms with Crippen LogP contribution >= 0.6 is 0 Å². The summed E-state index contributed by atoms with van der Waals surface area (Å²) in [6, 6.07) is 9.22. The van der Waals surface area contributed by atoms with Gasteiger partial charge >= 0.3 is 0 Å². The summed E-state index contributed by atoms with van der Waals surface area (Å²) >= 11 is 0. The first-order valence-corrected chi connectivity index (χ1v) is 11.4. The summed E-state index contributed by atoms with van der Waals surface area (Å²) in [6.45, 7) is 10.2. The molecule has 0 aliphatic carbocycles. The molecule has 162 valence electrons. The molecule has 3 heterocycles. The van der Waals surface area contributed by atoms with Crippen LogP contribution in [0.4, 0.5) is 0 Å². The highest BCUT2D eigenvalue weighted by Gasteiger charge is 2.24. The van der Waals surface area contributed by atoms with Crippen LogP contribution in [0.2, 0.25) is 0 Å². The zero-order valence-electron chi connectivity index (χ0n) is 18.5. The fourth-order valence-corrected chi connectivity index (χ4v) is 4.55. The van der Waals surface area contributed by atoms with Gasteiger partial charge in [0.05, 0.1) is 11.8 Å². The number of likely N-dealkylation sites (N-methyl/N-ethyl adjacent to an activating group) is 1. The number of hydrogen-bond acceptors (Lipinski definition) is 4. The van der Waals surface area contributed by atoms with Crippen LogP contribution in [0.25, 0.3) is 0 Å². The number of likely N-dealkylation sites (tertiary alicyclic amines) is 1. The van der Waals surface area contributed by atoms with E-state index in [0.29, 0.717) is 11.5 Å². The topological polar surface area (TPSA) is 44.6 Å². The van der Waals surface area contributed by atoms with Crippen LogP contribution < -0.4 is 0 Å². The van der Waals surface area contributed by atoms with Crippen molar-refractivity contribution < 1.29 is 4.79 Å². The maximum atomic E-state index is 12.7. The van der Waals surface area contributed by atoms with Crippen molar-refractivity contribution in [2.75, 3.05) is 46.3 Å². The Bertz CT molecular complexity index is 814. The lowest BCUT2D eigenvalue weighted by molar-refractivity contribution is 0.0690. The van der Waals surface area contributed by atoms with Crippen molar-refractivity contribution in [1.82, 2.24) is 24.5 Å². The molecule has 2 aliphatic rings. The highest BCUT2D eigenvalue weighted by Crippen LogP contribution is 2.23. The fourth-order valence-electron chi connectivity index (χ4n) is 4.55. The predicted molar refractivity (Wildman–Crippen MR) is 119 cm³/mol. The number of carbonyl (C=O) groups excluding carboxylic acids is 1. The van der Waals surface area contributed by atoms with Crippen molar-refractivity contribution in [2.24, 2.45) is 5.92 Å². The third kappa shape index (κ3) is 5.29. The van der Waals surface area contributed by atoms with Crippen LogP contribution in [0.5, 0.6) is 0 Å². The second-order valence-corrected chi connectivity index (χ2v) is 8.92. The molecule has 6 nitrogen and oxygen atoms in total. The second-order valence-electron chi connectivity index (χ2n) is 8.92. The van der Waals surface area contributed by atoms with Gasteiger partial charge in [-0.1, -0.05) is 24.3 Å². The molecule has 1 aromatic carbocycles. The van der Waals surface area contributed by atoms with E-state index < -0.39 is 0 Å². The monoisotopic (exact) mass is 409 g/mol. The fraction of sp³-hybridized carbons (Fsp3) is 0.583. The lowest BCUT2D eigenvalue weighted by Gasteiger charge is -2.32. The van der Waals surface area contributed by atoms with Crippen molar-refractivity contribution in [3.8, 4) is 0 Å². The molecule has 4 rings (SSSR count). The summed E-state index contributed by atoms with van der Waals surface area (Å²) in [5, 5.41) is 4.23. The Balaban J connectivity index is 1.23. The van der Waals surface area contributed by atoms with Gasteiger partial charge in [-0.3, -0.25) is 14.4 Å². The van der Waals surface area contributed by atoms with Crippen molar-refractivity contribution in [3.63, 3.8) is 0 Å². The normalized spacial score (nSPS) is 19.3. The van der Waals surface area contributed by atoms with E-state index >= 15 is 0 Å². The molecule has 2 aliphatic heterocycles. The maximum Gasteiger partial charge on any atom is 0.257 e. The van der Waals surface area contributed by atoms with E-state index in [-0.39, 0.29) is 5.91 Å². The molecule has 2 aromatic rings. The lowest BCUT2D eigenvalue weighted by Crippen LogP contribution is -2.43. The number of aryl methyl sites for hydroxylation is 1.